The summed E-state index contributed by atoms with van der Waals surface area (Å²) in [5.41, 5.74) is 5.00. The zero-order chi connectivity index (χ0) is 14.0. The Hall–Kier alpha value is -0.820. The summed E-state index contributed by atoms with van der Waals surface area (Å²) in [5, 5.41) is 2.61. The summed E-state index contributed by atoms with van der Waals surface area (Å²) >= 11 is 0. The number of hydrogen-bond donors (Lipinski definition) is 2. The van der Waals surface area contributed by atoms with Crippen molar-refractivity contribution in [3.63, 3.8) is 0 Å². The van der Waals surface area contributed by atoms with Gasteiger partial charge in [-0.15, -0.1) is 0 Å². The lowest BCUT2D eigenvalue weighted by Gasteiger charge is -2.31. The summed E-state index contributed by atoms with van der Waals surface area (Å²) < 4.78 is 28.2. The number of carbonyl (C=O) groups excluding carboxylic acids is 1. The second kappa shape index (κ2) is 5.44. The Bertz CT molecular complexity index is 400. The zero-order valence-corrected chi connectivity index (χ0v) is 11.9. The van der Waals surface area contributed by atoms with Gasteiger partial charge in [-0.2, -0.15) is 0 Å². The Balaban J connectivity index is 2.64. The van der Waals surface area contributed by atoms with Crippen molar-refractivity contribution in [2.24, 2.45) is 11.7 Å². The van der Waals surface area contributed by atoms with Crippen LogP contribution in [-0.2, 0) is 14.6 Å². The number of ether oxygens (including phenoxy) is 1. The van der Waals surface area contributed by atoms with Crippen LogP contribution in [0.5, 0.6) is 0 Å². The molecule has 1 aliphatic heterocycles. The van der Waals surface area contributed by atoms with E-state index in [-0.39, 0.29) is 17.4 Å². The van der Waals surface area contributed by atoms with Gasteiger partial charge in [0.1, 0.15) is 5.60 Å². The molecule has 106 valence electrons. The number of alkyl carbamates (subject to hydrolysis) is 1. The first-order valence-corrected chi connectivity index (χ1v) is 7.85. The molecule has 0 aliphatic carbocycles. The minimum absolute atomic E-state index is 0.0129. The number of rotatable bonds is 2. The second-order valence-corrected chi connectivity index (χ2v) is 7.88. The Morgan fingerprint density at radius 3 is 2.56 bits per heavy atom. The Morgan fingerprint density at radius 2 is 2.06 bits per heavy atom. The Morgan fingerprint density at radius 1 is 1.44 bits per heavy atom. The van der Waals surface area contributed by atoms with Gasteiger partial charge in [0.05, 0.1) is 17.5 Å². The molecule has 1 fully saturated rings. The zero-order valence-electron chi connectivity index (χ0n) is 11.1. The van der Waals surface area contributed by atoms with Crippen molar-refractivity contribution in [1.29, 1.82) is 0 Å². The summed E-state index contributed by atoms with van der Waals surface area (Å²) in [7, 11) is -3.09. The molecule has 0 aromatic carbocycles. The monoisotopic (exact) mass is 278 g/mol. The molecule has 1 amide bonds. The topological polar surface area (TPSA) is 98.5 Å². The molecule has 0 aromatic heterocycles. The van der Waals surface area contributed by atoms with Crippen LogP contribution in [0.3, 0.4) is 0 Å². The van der Waals surface area contributed by atoms with Crippen LogP contribution in [0.4, 0.5) is 4.79 Å². The van der Waals surface area contributed by atoms with E-state index in [2.05, 4.69) is 5.32 Å². The largest absolute Gasteiger partial charge is 0.444 e. The molecule has 0 unspecified atom stereocenters. The number of sulfone groups is 1. The number of nitrogens with one attached hydrogen (secondary N) is 1. The molecule has 6 nitrogen and oxygen atoms in total. The predicted molar refractivity (Wildman–Crippen MR) is 69.0 cm³/mol. The summed E-state index contributed by atoms with van der Waals surface area (Å²) in [5.74, 6) is 0.0659. The van der Waals surface area contributed by atoms with Gasteiger partial charge in [-0.05, 0) is 39.7 Å². The van der Waals surface area contributed by atoms with E-state index in [1.807, 2.05) is 0 Å². The number of hydrogen-bond acceptors (Lipinski definition) is 5. The third-order valence-electron chi connectivity index (χ3n) is 2.81. The summed E-state index contributed by atoms with van der Waals surface area (Å²) in [6, 6.07) is -0.455. The van der Waals surface area contributed by atoms with Crippen LogP contribution in [0.15, 0.2) is 0 Å². The van der Waals surface area contributed by atoms with Crippen LogP contribution in [0.2, 0.25) is 0 Å². The fraction of sp³-hybridized carbons (Fsp3) is 0.909. The van der Waals surface area contributed by atoms with Crippen molar-refractivity contribution in [3.05, 3.63) is 0 Å². The lowest BCUT2D eigenvalue weighted by Crippen LogP contribution is -2.51. The lowest BCUT2D eigenvalue weighted by molar-refractivity contribution is 0.0492. The SMILES string of the molecule is CC(C)(C)OC(=O)N[C@@H]1CS(=O)(=O)CC[C@@H]1CN. The second-order valence-electron chi connectivity index (χ2n) is 5.65. The van der Waals surface area contributed by atoms with Crippen LogP contribution in [0.25, 0.3) is 0 Å². The first kappa shape index (κ1) is 15.2. The van der Waals surface area contributed by atoms with E-state index in [0.717, 1.165) is 0 Å². The van der Waals surface area contributed by atoms with Gasteiger partial charge in [-0.1, -0.05) is 0 Å². The molecule has 0 spiro atoms. The normalized spacial score (nSPS) is 27.6. The maximum absolute atomic E-state index is 11.6. The van der Waals surface area contributed by atoms with E-state index in [4.69, 9.17) is 10.5 Å². The van der Waals surface area contributed by atoms with Gasteiger partial charge in [0.2, 0.25) is 0 Å². The molecular formula is C11H22N2O4S. The number of carbonyl (C=O) groups is 1. The first-order chi connectivity index (χ1) is 8.13. The minimum Gasteiger partial charge on any atom is -0.444 e. The Labute approximate surface area is 108 Å². The van der Waals surface area contributed by atoms with Crippen molar-refractivity contribution >= 4 is 15.9 Å². The molecule has 0 saturated carbocycles. The molecule has 7 heteroatoms. The van der Waals surface area contributed by atoms with Gasteiger partial charge in [0.25, 0.3) is 0 Å². The average molecular weight is 278 g/mol. The molecular weight excluding hydrogens is 256 g/mol. The summed E-state index contributed by atoms with van der Waals surface area (Å²) in [6.45, 7) is 5.62. The van der Waals surface area contributed by atoms with Crippen LogP contribution in [0, 0.1) is 5.92 Å². The molecule has 3 N–H and O–H groups in total. The summed E-state index contributed by atoms with van der Waals surface area (Å²) in [6.07, 6.45) is -0.109. The van der Waals surface area contributed by atoms with Crippen LogP contribution in [-0.4, -0.2) is 44.2 Å². The van der Waals surface area contributed by atoms with E-state index in [1.165, 1.54) is 0 Å². The van der Waals surface area contributed by atoms with Crippen molar-refractivity contribution in [1.82, 2.24) is 5.32 Å². The quantitative estimate of drug-likeness (QED) is 0.755. The van der Waals surface area contributed by atoms with Gasteiger partial charge in [0, 0.05) is 0 Å². The van der Waals surface area contributed by atoms with Gasteiger partial charge < -0.3 is 15.8 Å². The highest BCUT2D eigenvalue weighted by Gasteiger charge is 2.34. The standard InChI is InChI=1S/C11H22N2O4S/c1-11(2,3)17-10(14)13-9-7-18(15,16)5-4-8(9)6-12/h8-9H,4-7,12H2,1-3H3,(H,13,14)/t8-,9-/m1/s1. The van der Waals surface area contributed by atoms with Gasteiger partial charge in [-0.3, -0.25) is 0 Å². The van der Waals surface area contributed by atoms with Gasteiger partial charge in [0.15, 0.2) is 9.84 Å². The first-order valence-electron chi connectivity index (χ1n) is 6.03. The number of amides is 1. The fourth-order valence-electron chi connectivity index (χ4n) is 1.93. The summed E-state index contributed by atoms with van der Waals surface area (Å²) in [4.78, 5) is 11.6. The minimum atomic E-state index is -3.09. The smallest absolute Gasteiger partial charge is 0.407 e. The third-order valence-corrected chi connectivity index (χ3v) is 4.53. The highest BCUT2D eigenvalue weighted by Crippen LogP contribution is 2.19. The fourth-order valence-corrected chi connectivity index (χ4v) is 3.66. The predicted octanol–water partition coefficient (Wildman–Crippen LogP) is 0.273. The Kier molecular flexibility index (Phi) is 4.61. The lowest BCUT2D eigenvalue weighted by atomic mass is 9.98. The highest BCUT2D eigenvalue weighted by molar-refractivity contribution is 7.91. The van der Waals surface area contributed by atoms with Crippen molar-refractivity contribution in [2.75, 3.05) is 18.1 Å². The van der Waals surface area contributed by atoms with E-state index in [1.54, 1.807) is 20.8 Å². The molecule has 18 heavy (non-hydrogen) atoms. The molecule has 1 saturated heterocycles. The number of nitrogens with two attached hydrogens (primary N) is 1. The molecule has 0 radical (unpaired) electrons. The molecule has 1 rings (SSSR count). The van der Waals surface area contributed by atoms with Crippen LogP contribution < -0.4 is 11.1 Å². The molecule has 1 aliphatic rings. The van der Waals surface area contributed by atoms with E-state index >= 15 is 0 Å². The van der Waals surface area contributed by atoms with Crippen molar-refractivity contribution in [2.45, 2.75) is 38.8 Å². The van der Waals surface area contributed by atoms with Crippen LogP contribution >= 0.6 is 0 Å². The highest BCUT2D eigenvalue weighted by atomic mass is 32.2. The maximum atomic E-state index is 11.6. The van der Waals surface area contributed by atoms with Crippen molar-refractivity contribution in [3.8, 4) is 0 Å². The van der Waals surface area contributed by atoms with Crippen LogP contribution in [0.1, 0.15) is 27.2 Å². The molecule has 0 aromatic rings. The molecule has 2 atom stereocenters. The third kappa shape index (κ3) is 4.81. The average Bonchev–Trinajstić information content (AvgIpc) is 2.13. The van der Waals surface area contributed by atoms with Crippen molar-refractivity contribution < 1.29 is 17.9 Å². The maximum Gasteiger partial charge on any atom is 0.407 e. The molecule has 1 heterocycles. The van der Waals surface area contributed by atoms with E-state index in [0.29, 0.717) is 13.0 Å². The van der Waals surface area contributed by atoms with E-state index in [9.17, 15) is 13.2 Å². The van der Waals surface area contributed by atoms with E-state index < -0.39 is 27.6 Å². The molecule has 0 bridgehead atoms. The van der Waals surface area contributed by atoms with Gasteiger partial charge >= 0.3 is 6.09 Å². The van der Waals surface area contributed by atoms with Gasteiger partial charge in [-0.25, -0.2) is 13.2 Å².